The number of piperidine rings is 1. The lowest BCUT2D eigenvalue weighted by molar-refractivity contribution is -0.139. The van der Waals surface area contributed by atoms with E-state index >= 15 is 0 Å². The fourth-order valence-electron chi connectivity index (χ4n) is 4.06. The van der Waals surface area contributed by atoms with Crippen LogP contribution in [0.25, 0.3) is 0 Å². The van der Waals surface area contributed by atoms with E-state index in [9.17, 15) is 17.6 Å². The first-order valence-corrected chi connectivity index (χ1v) is 11.4. The molecule has 8 heteroatoms. The predicted octanol–water partition coefficient (Wildman–Crippen LogP) is 2.36. The minimum absolute atomic E-state index is 0.0174. The average Bonchev–Trinajstić information content (AvgIpc) is 3.42. The number of nitrogens with zero attached hydrogens (tertiary/aromatic N) is 1. The van der Waals surface area contributed by atoms with Crippen molar-refractivity contribution >= 4 is 15.9 Å². The Morgan fingerprint density at radius 3 is 2.61 bits per heavy atom. The van der Waals surface area contributed by atoms with Crippen molar-refractivity contribution < 1.29 is 22.3 Å². The summed E-state index contributed by atoms with van der Waals surface area (Å²) >= 11 is 0. The first-order valence-electron chi connectivity index (χ1n) is 10.0. The summed E-state index contributed by atoms with van der Waals surface area (Å²) in [7, 11) is -3.73. The monoisotopic (exact) mass is 410 g/mol. The maximum absolute atomic E-state index is 13.8. The first-order chi connectivity index (χ1) is 13.3. The molecule has 1 aromatic rings. The Balaban J connectivity index is 1.36. The molecule has 0 radical (unpaired) electrons. The van der Waals surface area contributed by atoms with Gasteiger partial charge in [-0.1, -0.05) is 6.07 Å². The molecule has 2 saturated heterocycles. The number of ether oxygens (including phenoxy) is 1. The van der Waals surface area contributed by atoms with Crippen molar-refractivity contribution in [2.75, 3.05) is 19.6 Å². The zero-order valence-electron chi connectivity index (χ0n) is 16.1. The third kappa shape index (κ3) is 3.95. The number of carbonyl (C=O) groups is 1. The van der Waals surface area contributed by atoms with Gasteiger partial charge in [0.1, 0.15) is 11.9 Å². The molecule has 0 bridgehead atoms. The Labute approximate surface area is 165 Å². The molecule has 0 aromatic heterocycles. The highest BCUT2D eigenvalue weighted by Gasteiger charge is 2.46. The van der Waals surface area contributed by atoms with E-state index in [2.05, 4.69) is 5.32 Å². The van der Waals surface area contributed by atoms with Crippen LogP contribution in [0.4, 0.5) is 4.39 Å². The van der Waals surface area contributed by atoms with E-state index in [4.69, 9.17) is 4.74 Å². The minimum atomic E-state index is -3.73. The Hall–Kier alpha value is -1.51. The topological polar surface area (TPSA) is 75.7 Å². The molecule has 4 rings (SSSR count). The number of amides is 1. The molecule has 1 atom stereocenters. The van der Waals surface area contributed by atoms with Crippen LogP contribution in [0.1, 0.15) is 44.1 Å². The van der Waals surface area contributed by atoms with Crippen molar-refractivity contribution in [3.63, 3.8) is 0 Å². The molecule has 3 fully saturated rings. The van der Waals surface area contributed by atoms with Gasteiger partial charge in [0.05, 0.1) is 10.5 Å². The lowest BCUT2D eigenvalue weighted by atomic mass is 9.89. The van der Waals surface area contributed by atoms with E-state index in [1.54, 1.807) is 6.92 Å². The van der Waals surface area contributed by atoms with Gasteiger partial charge in [-0.3, -0.25) is 4.79 Å². The summed E-state index contributed by atoms with van der Waals surface area (Å²) in [6, 6.07) is 4.02. The quantitative estimate of drug-likeness (QED) is 0.809. The van der Waals surface area contributed by atoms with E-state index in [0.29, 0.717) is 43.8 Å². The van der Waals surface area contributed by atoms with E-state index < -0.39 is 27.5 Å². The number of hydrogen-bond donors (Lipinski definition) is 1. The lowest BCUT2D eigenvalue weighted by Crippen LogP contribution is -2.47. The molecule has 1 amide bonds. The summed E-state index contributed by atoms with van der Waals surface area (Å²) < 4.78 is 47.0. The van der Waals surface area contributed by atoms with Crippen LogP contribution in [0.15, 0.2) is 23.1 Å². The van der Waals surface area contributed by atoms with Gasteiger partial charge in [0.15, 0.2) is 0 Å². The lowest BCUT2D eigenvalue weighted by Gasteiger charge is -2.38. The van der Waals surface area contributed by atoms with Gasteiger partial charge in [-0.05, 0) is 69.1 Å². The van der Waals surface area contributed by atoms with E-state index in [0.717, 1.165) is 19.0 Å². The van der Waals surface area contributed by atoms with Gasteiger partial charge in [0, 0.05) is 19.6 Å². The second kappa shape index (κ2) is 7.39. The molecule has 154 valence electrons. The molecule has 2 aliphatic heterocycles. The van der Waals surface area contributed by atoms with Crippen molar-refractivity contribution in [3.8, 4) is 0 Å². The van der Waals surface area contributed by atoms with Crippen LogP contribution < -0.4 is 5.32 Å². The molecule has 1 saturated carbocycles. The van der Waals surface area contributed by atoms with E-state index in [-0.39, 0.29) is 10.8 Å². The highest BCUT2D eigenvalue weighted by atomic mass is 32.2. The van der Waals surface area contributed by atoms with Gasteiger partial charge < -0.3 is 10.1 Å². The number of rotatable bonds is 5. The number of hydrogen-bond acceptors (Lipinski definition) is 4. The molecule has 1 aliphatic carbocycles. The van der Waals surface area contributed by atoms with Gasteiger partial charge in [0.2, 0.25) is 15.9 Å². The summed E-state index contributed by atoms with van der Waals surface area (Å²) in [4.78, 5) is 12.3. The largest absolute Gasteiger partial charge is 0.362 e. The zero-order valence-corrected chi connectivity index (χ0v) is 16.9. The average molecular weight is 411 g/mol. The SMILES string of the molecule is Cc1ccc(S(=O)(=O)N2CCC3(CC[C@@H](C(=O)NCC4CC4)O3)CC2)cc1F. The third-order valence-corrected chi connectivity index (χ3v) is 8.12. The van der Waals surface area contributed by atoms with Gasteiger partial charge in [0.25, 0.3) is 0 Å². The molecule has 28 heavy (non-hydrogen) atoms. The van der Waals surface area contributed by atoms with Crippen LogP contribution in [0.2, 0.25) is 0 Å². The highest BCUT2D eigenvalue weighted by Crippen LogP contribution is 2.40. The second-order valence-electron chi connectivity index (χ2n) is 8.33. The fraction of sp³-hybridized carbons (Fsp3) is 0.650. The van der Waals surface area contributed by atoms with Crippen LogP contribution in [-0.2, 0) is 19.6 Å². The summed E-state index contributed by atoms with van der Waals surface area (Å²) in [5.74, 6) is 0.0575. The number of halogens is 1. The second-order valence-corrected chi connectivity index (χ2v) is 10.3. The number of sulfonamides is 1. The minimum Gasteiger partial charge on any atom is -0.362 e. The standard InChI is InChI=1S/C20H27FN2O4S/c1-14-2-5-16(12-17(14)21)28(25,26)23-10-8-20(9-11-23)7-6-18(27-20)19(24)22-13-15-3-4-15/h2,5,12,15,18H,3-4,6-11,13H2,1H3,(H,22,24)/t18-/m0/s1. The van der Waals surface area contributed by atoms with Crippen molar-refractivity contribution in [1.29, 1.82) is 0 Å². The summed E-state index contributed by atoms with van der Waals surface area (Å²) in [6.45, 7) is 2.96. The summed E-state index contributed by atoms with van der Waals surface area (Å²) in [6.07, 6.45) is 4.47. The molecule has 2 heterocycles. The Bertz CT molecular complexity index is 861. The Morgan fingerprint density at radius 2 is 1.96 bits per heavy atom. The van der Waals surface area contributed by atoms with Crippen LogP contribution in [0, 0.1) is 18.7 Å². The van der Waals surface area contributed by atoms with Crippen molar-refractivity contribution in [1.82, 2.24) is 9.62 Å². The van der Waals surface area contributed by atoms with E-state index in [1.165, 1.54) is 29.3 Å². The molecule has 0 unspecified atom stereocenters. The van der Waals surface area contributed by atoms with Gasteiger partial charge in [-0.25, -0.2) is 12.8 Å². The highest BCUT2D eigenvalue weighted by molar-refractivity contribution is 7.89. The van der Waals surface area contributed by atoms with Crippen LogP contribution in [0.3, 0.4) is 0 Å². The van der Waals surface area contributed by atoms with Gasteiger partial charge in [-0.2, -0.15) is 4.31 Å². The maximum Gasteiger partial charge on any atom is 0.249 e. The zero-order chi connectivity index (χ0) is 19.9. The molecular weight excluding hydrogens is 383 g/mol. The smallest absolute Gasteiger partial charge is 0.249 e. The molecular formula is C20H27FN2O4S. The number of aryl methyl sites for hydroxylation is 1. The molecule has 1 spiro atoms. The summed E-state index contributed by atoms with van der Waals surface area (Å²) in [5.41, 5.74) is -0.00604. The third-order valence-electron chi connectivity index (χ3n) is 6.22. The van der Waals surface area contributed by atoms with E-state index in [1.807, 2.05) is 0 Å². The number of nitrogens with one attached hydrogen (secondary N) is 1. The number of benzene rings is 1. The van der Waals surface area contributed by atoms with Crippen molar-refractivity contribution in [3.05, 3.63) is 29.6 Å². The molecule has 3 aliphatic rings. The normalized spacial score (nSPS) is 25.1. The molecule has 1 aromatic carbocycles. The Kier molecular flexibility index (Phi) is 5.22. The fourth-order valence-corrected chi connectivity index (χ4v) is 5.52. The first kappa shape index (κ1) is 19.8. The van der Waals surface area contributed by atoms with Crippen molar-refractivity contribution in [2.24, 2.45) is 5.92 Å². The number of carbonyl (C=O) groups excluding carboxylic acids is 1. The molecule has 6 nitrogen and oxygen atoms in total. The van der Waals surface area contributed by atoms with Crippen LogP contribution in [-0.4, -0.2) is 50.0 Å². The Morgan fingerprint density at radius 1 is 1.25 bits per heavy atom. The summed E-state index contributed by atoms with van der Waals surface area (Å²) in [5, 5.41) is 2.97. The molecule has 1 N–H and O–H groups in total. The predicted molar refractivity (Wildman–Crippen MR) is 102 cm³/mol. The van der Waals surface area contributed by atoms with Crippen LogP contribution >= 0.6 is 0 Å². The maximum atomic E-state index is 13.8. The van der Waals surface area contributed by atoms with Gasteiger partial charge in [-0.15, -0.1) is 0 Å². The van der Waals surface area contributed by atoms with Gasteiger partial charge >= 0.3 is 0 Å². The van der Waals surface area contributed by atoms with Crippen LogP contribution in [0.5, 0.6) is 0 Å². The van der Waals surface area contributed by atoms with Crippen molar-refractivity contribution in [2.45, 2.75) is 62.0 Å².